The van der Waals surface area contributed by atoms with E-state index in [2.05, 4.69) is 20.3 Å². The summed E-state index contributed by atoms with van der Waals surface area (Å²) < 4.78 is 6.28. The molecule has 0 unspecified atom stereocenters. The van der Waals surface area contributed by atoms with Crippen LogP contribution in [0.4, 0.5) is 0 Å². The number of aromatic nitrogens is 4. The third-order valence-corrected chi connectivity index (χ3v) is 2.67. The molecule has 2 N–H and O–H groups in total. The smallest absolute Gasteiger partial charge is 0.337 e. The van der Waals surface area contributed by atoms with Gasteiger partial charge in [0.15, 0.2) is 5.82 Å². The lowest BCUT2D eigenvalue weighted by molar-refractivity contribution is 0.0601. The van der Waals surface area contributed by atoms with Gasteiger partial charge in [-0.1, -0.05) is 0 Å². The number of hydrogen-bond donors (Lipinski definition) is 1. The lowest BCUT2D eigenvalue weighted by Crippen LogP contribution is -2.07. The van der Waals surface area contributed by atoms with Crippen LogP contribution in [0.5, 0.6) is 0 Å². The van der Waals surface area contributed by atoms with Crippen LogP contribution in [0.3, 0.4) is 0 Å². The van der Waals surface area contributed by atoms with Gasteiger partial charge in [0.2, 0.25) is 0 Å². The maximum absolute atomic E-state index is 11.3. The molecule has 0 spiro atoms. The summed E-state index contributed by atoms with van der Waals surface area (Å²) in [6.07, 6.45) is 1.53. The van der Waals surface area contributed by atoms with E-state index in [0.717, 1.165) is 17.9 Å². The first-order valence-corrected chi connectivity index (χ1v) is 5.92. The minimum absolute atomic E-state index is 0.369. The molecule has 0 amide bonds. The number of nitrogens with two attached hydrogens (primary N) is 1. The molecule has 0 aliphatic carbocycles. The Kier molecular flexibility index (Phi) is 4.19. The molecule has 7 heteroatoms. The highest BCUT2D eigenvalue weighted by Crippen LogP contribution is 2.11. The second-order valence-electron chi connectivity index (χ2n) is 3.94. The number of nitrogens with zero attached hydrogens (tertiary/aromatic N) is 4. The van der Waals surface area contributed by atoms with Crippen LogP contribution in [0.25, 0.3) is 5.69 Å². The summed E-state index contributed by atoms with van der Waals surface area (Å²) in [6, 6.07) is 6.90. The molecule has 1 heterocycles. The Hall–Kier alpha value is -2.28. The summed E-state index contributed by atoms with van der Waals surface area (Å²) in [5.41, 5.74) is 6.76. The number of tetrazole rings is 1. The van der Waals surface area contributed by atoms with Crippen molar-refractivity contribution in [2.45, 2.75) is 12.8 Å². The fourth-order valence-corrected chi connectivity index (χ4v) is 1.68. The quantitative estimate of drug-likeness (QED) is 0.780. The second kappa shape index (κ2) is 6.05. The Morgan fingerprint density at radius 3 is 2.74 bits per heavy atom. The minimum atomic E-state index is -0.369. The highest BCUT2D eigenvalue weighted by atomic mass is 16.5. The Balaban J connectivity index is 2.22. The molecule has 1 aromatic heterocycles. The van der Waals surface area contributed by atoms with Crippen molar-refractivity contribution in [1.29, 1.82) is 0 Å². The summed E-state index contributed by atoms with van der Waals surface area (Å²) in [5.74, 6) is 0.378. The number of aryl methyl sites for hydroxylation is 1. The summed E-state index contributed by atoms with van der Waals surface area (Å²) in [7, 11) is 1.35. The SMILES string of the molecule is COC(=O)c1ccc(-n2nnnc2CCCN)cc1. The molecule has 0 aliphatic heterocycles. The average molecular weight is 261 g/mol. The molecule has 0 fully saturated rings. The Morgan fingerprint density at radius 1 is 1.37 bits per heavy atom. The number of esters is 1. The average Bonchev–Trinajstić information content (AvgIpc) is 2.92. The van der Waals surface area contributed by atoms with Crippen molar-refractivity contribution in [2.75, 3.05) is 13.7 Å². The molecule has 0 radical (unpaired) electrons. The summed E-state index contributed by atoms with van der Waals surface area (Å²) in [6.45, 7) is 0.591. The molecular formula is C12H15N5O2. The van der Waals surface area contributed by atoms with Gasteiger partial charge in [-0.3, -0.25) is 0 Å². The first kappa shape index (κ1) is 13.2. The maximum atomic E-state index is 11.3. The van der Waals surface area contributed by atoms with E-state index in [9.17, 15) is 4.79 Å². The largest absolute Gasteiger partial charge is 0.465 e. The van der Waals surface area contributed by atoms with Crippen molar-refractivity contribution >= 4 is 5.97 Å². The number of carbonyl (C=O) groups is 1. The van der Waals surface area contributed by atoms with E-state index in [4.69, 9.17) is 5.73 Å². The number of ether oxygens (including phenoxy) is 1. The monoisotopic (exact) mass is 261 g/mol. The van der Waals surface area contributed by atoms with Gasteiger partial charge in [-0.15, -0.1) is 5.10 Å². The van der Waals surface area contributed by atoms with Crippen molar-refractivity contribution in [3.05, 3.63) is 35.7 Å². The van der Waals surface area contributed by atoms with Crippen LogP contribution < -0.4 is 5.73 Å². The van der Waals surface area contributed by atoms with Crippen LogP contribution >= 0.6 is 0 Å². The first-order chi connectivity index (χ1) is 9.26. The van der Waals surface area contributed by atoms with Gasteiger partial charge < -0.3 is 10.5 Å². The third-order valence-electron chi connectivity index (χ3n) is 2.67. The summed E-state index contributed by atoms with van der Waals surface area (Å²) >= 11 is 0. The van der Waals surface area contributed by atoms with E-state index in [1.165, 1.54) is 7.11 Å². The number of benzene rings is 1. The van der Waals surface area contributed by atoms with Gasteiger partial charge in [0, 0.05) is 6.42 Å². The van der Waals surface area contributed by atoms with Gasteiger partial charge in [-0.05, 0) is 47.7 Å². The first-order valence-electron chi connectivity index (χ1n) is 5.92. The molecule has 19 heavy (non-hydrogen) atoms. The highest BCUT2D eigenvalue weighted by molar-refractivity contribution is 5.89. The lowest BCUT2D eigenvalue weighted by atomic mass is 10.2. The highest BCUT2D eigenvalue weighted by Gasteiger charge is 2.09. The lowest BCUT2D eigenvalue weighted by Gasteiger charge is -2.05. The zero-order chi connectivity index (χ0) is 13.7. The molecule has 0 bridgehead atoms. The van der Waals surface area contributed by atoms with Gasteiger partial charge in [-0.2, -0.15) is 4.68 Å². The van der Waals surface area contributed by atoms with Gasteiger partial charge in [0.05, 0.1) is 18.4 Å². The number of hydrogen-bond acceptors (Lipinski definition) is 6. The predicted molar refractivity (Wildman–Crippen MR) is 67.9 cm³/mol. The minimum Gasteiger partial charge on any atom is -0.465 e. The standard InChI is InChI=1S/C12H15N5O2/c1-19-12(18)9-4-6-10(7-5-9)17-11(3-2-8-13)14-15-16-17/h4-7H,2-3,8,13H2,1H3. The van der Waals surface area contributed by atoms with Crippen molar-refractivity contribution in [1.82, 2.24) is 20.2 Å². The molecule has 2 rings (SSSR count). The molecule has 0 atom stereocenters. The molecule has 0 saturated carbocycles. The van der Waals surface area contributed by atoms with Crippen LogP contribution in [-0.4, -0.2) is 39.8 Å². The molecule has 7 nitrogen and oxygen atoms in total. The van der Waals surface area contributed by atoms with E-state index in [-0.39, 0.29) is 5.97 Å². The molecule has 2 aromatic rings. The van der Waals surface area contributed by atoms with Crippen molar-refractivity contribution in [2.24, 2.45) is 5.73 Å². The van der Waals surface area contributed by atoms with E-state index in [0.29, 0.717) is 18.5 Å². The Labute approximate surface area is 110 Å². The number of methoxy groups -OCH3 is 1. The van der Waals surface area contributed by atoms with Gasteiger partial charge >= 0.3 is 5.97 Å². The molecule has 100 valence electrons. The number of carbonyl (C=O) groups excluding carboxylic acids is 1. The molecule has 1 aromatic carbocycles. The zero-order valence-corrected chi connectivity index (χ0v) is 10.6. The van der Waals surface area contributed by atoms with Crippen LogP contribution in [0.15, 0.2) is 24.3 Å². The van der Waals surface area contributed by atoms with Gasteiger partial charge in [0.1, 0.15) is 0 Å². The van der Waals surface area contributed by atoms with E-state index >= 15 is 0 Å². The molecular weight excluding hydrogens is 246 g/mol. The zero-order valence-electron chi connectivity index (χ0n) is 10.6. The third kappa shape index (κ3) is 2.94. The van der Waals surface area contributed by atoms with Crippen LogP contribution in [0, 0.1) is 0 Å². The van der Waals surface area contributed by atoms with Crippen molar-refractivity contribution < 1.29 is 9.53 Å². The normalized spacial score (nSPS) is 10.4. The van der Waals surface area contributed by atoms with Gasteiger partial charge in [0.25, 0.3) is 0 Å². The summed E-state index contributed by atoms with van der Waals surface area (Å²) in [5, 5.41) is 11.5. The Bertz CT molecular complexity index is 550. The number of rotatable bonds is 5. The molecule has 0 saturated heterocycles. The topological polar surface area (TPSA) is 95.9 Å². The van der Waals surface area contributed by atoms with E-state index in [1.807, 2.05) is 0 Å². The van der Waals surface area contributed by atoms with Crippen LogP contribution in [-0.2, 0) is 11.2 Å². The maximum Gasteiger partial charge on any atom is 0.337 e. The van der Waals surface area contributed by atoms with Crippen molar-refractivity contribution in [3.8, 4) is 5.69 Å². The van der Waals surface area contributed by atoms with Gasteiger partial charge in [-0.25, -0.2) is 4.79 Å². The Morgan fingerprint density at radius 2 is 2.11 bits per heavy atom. The second-order valence-corrected chi connectivity index (χ2v) is 3.94. The molecule has 0 aliphatic rings. The van der Waals surface area contributed by atoms with Crippen LogP contribution in [0.1, 0.15) is 22.6 Å². The predicted octanol–water partition coefficient (Wildman–Crippen LogP) is 0.340. The van der Waals surface area contributed by atoms with E-state index in [1.54, 1.807) is 28.9 Å². The fraction of sp³-hybridized carbons (Fsp3) is 0.333. The van der Waals surface area contributed by atoms with E-state index < -0.39 is 0 Å². The van der Waals surface area contributed by atoms with Crippen molar-refractivity contribution in [3.63, 3.8) is 0 Å². The van der Waals surface area contributed by atoms with Crippen LogP contribution in [0.2, 0.25) is 0 Å². The fourth-order valence-electron chi connectivity index (χ4n) is 1.68. The summed E-state index contributed by atoms with van der Waals surface area (Å²) in [4.78, 5) is 11.3.